The fraction of sp³-hybridized carbons (Fsp3) is 0.250. The average molecular weight is 266 g/mol. The molecule has 1 rings (SSSR count). The fourth-order valence-corrected chi connectivity index (χ4v) is 1.19. The lowest BCUT2D eigenvalue weighted by molar-refractivity contribution is -0.150. The number of carboxylic acid groups (broad SMARTS) is 1. The maximum Gasteiger partial charge on any atom is 0.332 e. The van der Waals surface area contributed by atoms with Gasteiger partial charge in [-0.25, -0.2) is 4.79 Å². The van der Waals surface area contributed by atoms with E-state index in [1.807, 2.05) is 0 Å². The highest BCUT2D eigenvalue weighted by Gasteiger charge is 2.13. The molecule has 0 saturated carbocycles. The molecule has 0 spiro atoms. The molecule has 1 aromatic carbocycles. The number of primary amides is 1. The first-order valence-electron chi connectivity index (χ1n) is 5.44. The number of rotatable bonds is 6. The number of carbonyl (C=O) groups excluding carboxylic acids is 2. The summed E-state index contributed by atoms with van der Waals surface area (Å²) in [5.74, 6) is -2.19. The van der Waals surface area contributed by atoms with Crippen LogP contribution in [0.1, 0.15) is 17.3 Å². The first kappa shape index (κ1) is 14.7. The van der Waals surface area contributed by atoms with Crippen LogP contribution in [0.25, 0.3) is 0 Å². The number of aliphatic carboxylic acids is 1. The van der Waals surface area contributed by atoms with Crippen LogP contribution in [0.5, 0.6) is 0 Å². The Morgan fingerprint density at radius 3 is 2.37 bits per heavy atom. The van der Waals surface area contributed by atoms with Crippen LogP contribution >= 0.6 is 0 Å². The summed E-state index contributed by atoms with van der Waals surface area (Å²) in [4.78, 5) is 32.7. The monoisotopic (exact) mass is 266 g/mol. The summed E-state index contributed by atoms with van der Waals surface area (Å²) in [6.07, 6.45) is -1.05. The van der Waals surface area contributed by atoms with Crippen LogP contribution in [0.2, 0.25) is 0 Å². The Kier molecular flexibility index (Phi) is 5.01. The van der Waals surface area contributed by atoms with Crippen molar-refractivity contribution in [2.75, 3.05) is 11.9 Å². The first-order chi connectivity index (χ1) is 8.90. The Bertz CT molecular complexity index is 483. The lowest BCUT2D eigenvalue weighted by Gasteiger charge is -2.09. The summed E-state index contributed by atoms with van der Waals surface area (Å²) in [6.45, 7) is 0.961. The van der Waals surface area contributed by atoms with Crippen molar-refractivity contribution in [2.45, 2.75) is 13.0 Å². The molecule has 7 heteroatoms. The Labute approximate surface area is 109 Å². The Morgan fingerprint density at radius 2 is 1.89 bits per heavy atom. The second kappa shape index (κ2) is 6.50. The SMILES string of the molecule is C[C@@H](OCC(=O)Nc1ccc(C(N)=O)cc1)C(=O)O. The van der Waals surface area contributed by atoms with Crippen molar-refractivity contribution >= 4 is 23.5 Å². The van der Waals surface area contributed by atoms with Crippen molar-refractivity contribution in [2.24, 2.45) is 5.73 Å². The van der Waals surface area contributed by atoms with Gasteiger partial charge in [0.15, 0.2) is 6.10 Å². The van der Waals surface area contributed by atoms with Gasteiger partial charge < -0.3 is 20.9 Å². The predicted octanol–water partition coefficient (Wildman–Crippen LogP) is 0.214. The molecule has 1 aromatic rings. The highest BCUT2D eigenvalue weighted by Crippen LogP contribution is 2.09. The van der Waals surface area contributed by atoms with E-state index in [0.717, 1.165) is 0 Å². The highest BCUT2D eigenvalue weighted by atomic mass is 16.5. The van der Waals surface area contributed by atoms with Crippen molar-refractivity contribution in [3.8, 4) is 0 Å². The van der Waals surface area contributed by atoms with Gasteiger partial charge in [0.25, 0.3) is 0 Å². The molecule has 0 heterocycles. The number of benzene rings is 1. The quantitative estimate of drug-likeness (QED) is 0.680. The predicted molar refractivity (Wildman–Crippen MR) is 66.6 cm³/mol. The van der Waals surface area contributed by atoms with E-state index in [2.05, 4.69) is 5.32 Å². The topological polar surface area (TPSA) is 119 Å². The average Bonchev–Trinajstić information content (AvgIpc) is 2.36. The van der Waals surface area contributed by atoms with Gasteiger partial charge in [-0.2, -0.15) is 0 Å². The molecule has 1 atom stereocenters. The normalized spacial score (nSPS) is 11.6. The van der Waals surface area contributed by atoms with E-state index in [4.69, 9.17) is 15.6 Å². The van der Waals surface area contributed by atoms with E-state index in [1.54, 1.807) is 0 Å². The van der Waals surface area contributed by atoms with Gasteiger partial charge in [0.05, 0.1) is 0 Å². The van der Waals surface area contributed by atoms with Gasteiger partial charge in [-0.15, -0.1) is 0 Å². The summed E-state index contributed by atoms with van der Waals surface area (Å²) in [5, 5.41) is 11.1. The Balaban J connectivity index is 2.48. The molecule has 0 aliphatic rings. The van der Waals surface area contributed by atoms with Crippen molar-refractivity contribution in [3.63, 3.8) is 0 Å². The molecule has 4 N–H and O–H groups in total. The van der Waals surface area contributed by atoms with Crippen LogP contribution in [-0.4, -0.2) is 35.6 Å². The maximum absolute atomic E-state index is 11.4. The summed E-state index contributed by atoms with van der Waals surface area (Å²) in [7, 11) is 0. The van der Waals surface area contributed by atoms with E-state index < -0.39 is 23.9 Å². The number of ether oxygens (including phenoxy) is 1. The molecule has 2 amide bonds. The molecule has 0 aromatic heterocycles. The zero-order valence-electron chi connectivity index (χ0n) is 10.3. The molecule has 7 nitrogen and oxygen atoms in total. The molecular formula is C12H14N2O5. The molecule has 0 saturated heterocycles. The minimum absolute atomic E-state index is 0.328. The number of carbonyl (C=O) groups is 3. The van der Waals surface area contributed by atoms with Crippen molar-refractivity contribution < 1.29 is 24.2 Å². The van der Waals surface area contributed by atoms with Crippen LogP contribution in [0, 0.1) is 0 Å². The van der Waals surface area contributed by atoms with Crippen LogP contribution in [0.4, 0.5) is 5.69 Å². The van der Waals surface area contributed by atoms with Gasteiger partial charge in [0.2, 0.25) is 11.8 Å². The summed E-state index contributed by atoms with van der Waals surface area (Å²) in [5.41, 5.74) is 5.86. The fourth-order valence-electron chi connectivity index (χ4n) is 1.19. The maximum atomic E-state index is 11.4. The number of nitrogens with two attached hydrogens (primary N) is 1. The summed E-state index contributed by atoms with van der Waals surface area (Å²) in [6, 6.07) is 5.97. The van der Waals surface area contributed by atoms with Crippen molar-refractivity contribution in [3.05, 3.63) is 29.8 Å². The van der Waals surface area contributed by atoms with E-state index in [9.17, 15) is 14.4 Å². The molecule has 0 radical (unpaired) electrons. The number of anilines is 1. The molecule has 0 aliphatic carbocycles. The first-order valence-corrected chi connectivity index (χ1v) is 5.44. The minimum Gasteiger partial charge on any atom is -0.479 e. The molecule has 0 bridgehead atoms. The second-order valence-electron chi connectivity index (χ2n) is 3.78. The van der Waals surface area contributed by atoms with Gasteiger partial charge in [-0.3, -0.25) is 9.59 Å². The van der Waals surface area contributed by atoms with Crippen LogP contribution in [-0.2, 0) is 14.3 Å². The van der Waals surface area contributed by atoms with Gasteiger partial charge >= 0.3 is 5.97 Å². The zero-order chi connectivity index (χ0) is 14.4. The zero-order valence-corrected chi connectivity index (χ0v) is 10.3. The molecular weight excluding hydrogens is 252 g/mol. The smallest absolute Gasteiger partial charge is 0.332 e. The van der Waals surface area contributed by atoms with Gasteiger partial charge in [-0.05, 0) is 31.2 Å². The number of hydrogen-bond donors (Lipinski definition) is 3. The standard InChI is InChI=1S/C12H14N2O5/c1-7(12(17)18)19-6-10(15)14-9-4-2-8(3-5-9)11(13)16/h2-5,7H,6H2,1H3,(H2,13,16)(H,14,15)(H,17,18)/t7-/m1/s1. The van der Waals surface area contributed by atoms with Crippen LogP contribution in [0.3, 0.4) is 0 Å². The van der Waals surface area contributed by atoms with Crippen LogP contribution < -0.4 is 11.1 Å². The van der Waals surface area contributed by atoms with Gasteiger partial charge in [0.1, 0.15) is 6.61 Å². The molecule has 0 aliphatic heterocycles. The third-order valence-electron chi connectivity index (χ3n) is 2.27. The number of carboxylic acids is 1. The Morgan fingerprint density at radius 1 is 1.32 bits per heavy atom. The second-order valence-corrected chi connectivity index (χ2v) is 3.78. The molecule has 102 valence electrons. The van der Waals surface area contributed by atoms with Crippen molar-refractivity contribution in [1.82, 2.24) is 0 Å². The van der Waals surface area contributed by atoms with Gasteiger partial charge in [-0.1, -0.05) is 0 Å². The third kappa shape index (κ3) is 4.76. The molecule has 0 fully saturated rings. The van der Waals surface area contributed by atoms with E-state index in [1.165, 1.54) is 31.2 Å². The molecule has 19 heavy (non-hydrogen) atoms. The third-order valence-corrected chi connectivity index (χ3v) is 2.27. The van der Waals surface area contributed by atoms with E-state index >= 15 is 0 Å². The number of hydrogen-bond acceptors (Lipinski definition) is 4. The lowest BCUT2D eigenvalue weighted by Crippen LogP contribution is -2.26. The highest BCUT2D eigenvalue weighted by molar-refractivity contribution is 5.95. The van der Waals surface area contributed by atoms with E-state index in [0.29, 0.717) is 11.3 Å². The lowest BCUT2D eigenvalue weighted by atomic mass is 10.2. The largest absolute Gasteiger partial charge is 0.479 e. The summed E-state index contributed by atoms with van der Waals surface area (Å²) >= 11 is 0. The van der Waals surface area contributed by atoms with E-state index in [-0.39, 0.29) is 6.61 Å². The molecule has 0 unspecified atom stereocenters. The van der Waals surface area contributed by atoms with Crippen LogP contribution in [0.15, 0.2) is 24.3 Å². The minimum atomic E-state index is -1.14. The Hall–Kier alpha value is -2.41. The number of nitrogens with one attached hydrogen (secondary N) is 1. The number of amides is 2. The van der Waals surface area contributed by atoms with Crippen molar-refractivity contribution in [1.29, 1.82) is 0 Å². The van der Waals surface area contributed by atoms with Gasteiger partial charge in [0, 0.05) is 11.3 Å². The summed E-state index contributed by atoms with van der Waals surface area (Å²) < 4.78 is 4.81.